The van der Waals surface area contributed by atoms with Gasteiger partial charge in [0.25, 0.3) is 0 Å². The summed E-state index contributed by atoms with van der Waals surface area (Å²) >= 11 is 0. The lowest BCUT2D eigenvalue weighted by Crippen LogP contribution is -2.03. The van der Waals surface area contributed by atoms with Crippen molar-refractivity contribution in [2.24, 2.45) is 5.73 Å². The first-order valence-electron chi connectivity index (χ1n) is 3.17. The Balaban J connectivity index is 2.69. The van der Waals surface area contributed by atoms with Crippen LogP contribution in [0.3, 0.4) is 0 Å². The first-order valence-corrected chi connectivity index (χ1v) is 3.17. The lowest BCUT2D eigenvalue weighted by molar-refractivity contribution is 0.472. The summed E-state index contributed by atoms with van der Waals surface area (Å²) in [4.78, 5) is 3.94. The van der Waals surface area contributed by atoms with E-state index in [0.717, 1.165) is 12.1 Å². The van der Waals surface area contributed by atoms with Crippen molar-refractivity contribution >= 4 is 0 Å². The van der Waals surface area contributed by atoms with Crippen LogP contribution in [0.5, 0.6) is 5.75 Å². The van der Waals surface area contributed by atoms with Gasteiger partial charge in [0.15, 0.2) is 0 Å². The molecule has 0 saturated carbocycles. The lowest BCUT2D eigenvalue weighted by atomic mass is 10.3. The average Bonchev–Trinajstić information content (AvgIpc) is 1.95. The van der Waals surface area contributed by atoms with Gasteiger partial charge in [0, 0.05) is 12.1 Å². The van der Waals surface area contributed by atoms with Crippen LogP contribution < -0.4 is 5.73 Å². The molecule has 0 unspecified atom stereocenters. The van der Waals surface area contributed by atoms with Crippen molar-refractivity contribution in [1.82, 2.24) is 4.98 Å². The maximum Gasteiger partial charge on any atom is 0.133 e. The molecule has 0 aliphatic carbocycles. The van der Waals surface area contributed by atoms with Crippen LogP contribution in [0.25, 0.3) is 0 Å². The van der Waals surface area contributed by atoms with Crippen LogP contribution in [-0.4, -0.2) is 16.6 Å². The standard InChI is InChI=1S/C7H10N2O/c8-4-3-6-1-2-7(10)5-9-6/h1-2,5,10H,3-4,8H2. The van der Waals surface area contributed by atoms with Gasteiger partial charge in [-0.15, -0.1) is 0 Å². The van der Waals surface area contributed by atoms with E-state index < -0.39 is 0 Å². The highest BCUT2D eigenvalue weighted by atomic mass is 16.3. The maximum absolute atomic E-state index is 8.83. The van der Waals surface area contributed by atoms with Gasteiger partial charge in [-0.3, -0.25) is 4.98 Å². The predicted octanol–water partition coefficient (Wildman–Crippen LogP) is 0.288. The number of nitrogens with two attached hydrogens (primary N) is 1. The summed E-state index contributed by atoms with van der Waals surface area (Å²) < 4.78 is 0. The van der Waals surface area contributed by atoms with E-state index in [4.69, 9.17) is 10.8 Å². The van der Waals surface area contributed by atoms with Gasteiger partial charge in [-0.25, -0.2) is 0 Å². The molecule has 0 aromatic carbocycles. The van der Waals surface area contributed by atoms with E-state index >= 15 is 0 Å². The average molecular weight is 138 g/mol. The molecule has 54 valence electrons. The van der Waals surface area contributed by atoms with Crippen LogP contribution in [0.2, 0.25) is 0 Å². The molecule has 1 aromatic heterocycles. The quantitative estimate of drug-likeness (QED) is 0.617. The van der Waals surface area contributed by atoms with Crippen molar-refractivity contribution in [3.05, 3.63) is 24.0 Å². The lowest BCUT2D eigenvalue weighted by Gasteiger charge is -1.95. The summed E-state index contributed by atoms with van der Waals surface area (Å²) in [7, 11) is 0. The van der Waals surface area contributed by atoms with Gasteiger partial charge in [-0.1, -0.05) is 0 Å². The predicted molar refractivity (Wildman–Crippen MR) is 38.7 cm³/mol. The highest BCUT2D eigenvalue weighted by Gasteiger charge is 1.91. The first kappa shape index (κ1) is 7.02. The number of rotatable bonds is 2. The maximum atomic E-state index is 8.83. The van der Waals surface area contributed by atoms with Crippen molar-refractivity contribution in [2.45, 2.75) is 6.42 Å². The molecule has 0 spiro atoms. The molecule has 3 N–H and O–H groups in total. The normalized spacial score (nSPS) is 9.70. The minimum atomic E-state index is 0.195. The molecule has 0 bridgehead atoms. The smallest absolute Gasteiger partial charge is 0.133 e. The molecular weight excluding hydrogens is 128 g/mol. The molecule has 0 fully saturated rings. The molecular formula is C7H10N2O. The first-order chi connectivity index (χ1) is 4.83. The third kappa shape index (κ3) is 1.70. The van der Waals surface area contributed by atoms with E-state index in [2.05, 4.69) is 4.98 Å². The fourth-order valence-corrected chi connectivity index (χ4v) is 0.712. The molecule has 3 heteroatoms. The number of pyridine rings is 1. The molecule has 0 amide bonds. The third-order valence-electron chi connectivity index (χ3n) is 1.21. The van der Waals surface area contributed by atoms with Crippen molar-refractivity contribution < 1.29 is 5.11 Å². The monoisotopic (exact) mass is 138 g/mol. The number of aromatic nitrogens is 1. The topological polar surface area (TPSA) is 59.1 Å². The van der Waals surface area contributed by atoms with E-state index in [0.29, 0.717) is 6.54 Å². The van der Waals surface area contributed by atoms with Crippen LogP contribution in [0.15, 0.2) is 18.3 Å². The summed E-state index contributed by atoms with van der Waals surface area (Å²) in [6.07, 6.45) is 2.19. The minimum absolute atomic E-state index is 0.195. The highest BCUT2D eigenvalue weighted by Crippen LogP contribution is 2.05. The fraction of sp³-hybridized carbons (Fsp3) is 0.286. The molecule has 1 heterocycles. The Kier molecular flexibility index (Phi) is 2.23. The van der Waals surface area contributed by atoms with Crippen LogP contribution >= 0.6 is 0 Å². The van der Waals surface area contributed by atoms with Crippen molar-refractivity contribution in [1.29, 1.82) is 0 Å². The summed E-state index contributed by atoms with van der Waals surface area (Å²) in [5.41, 5.74) is 6.21. The molecule has 10 heavy (non-hydrogen) atoms. The number of aromatic hydroxyl groups is 1. The second-order valence-electron chi connectivity index (χ2n) is 2.05. The Morgan fingerprint density at radius 3 is 2.80 bits per heavy atom. The van der Waals surface area contributed by atoms with E-state index in [1.54, 1.807) is 12.1 Å². The Morgan fingerprint density at radius 1 is 1.50 bits per heavy atom. The Labute approximate surface area is 59.5 Å². The Morgan fingerprint density at radius 2 is 2.30 bits per heavy atom. The van der Waals surface area contributed by atoms with E-state index in [1.165, 1.54) is 6.20 Å². The Bertz CT molecular complexity index is 195. The molecule has 0 atom stereocenters. The second kappa shape index (κ2) is 3.17. The van der Waals surface area contributed by atoms with Gasteiger partial charge >= 0.3 is 0 Å². The SMILES string of the molecule is NCCc1ccc(O)cn1. The fourth-order valence-electron chi connectivity index (χ4n) is 0.712. The summed E-state index contributed by atoms with van der Waals surface area (Å²) in [5.74, 6) is 0.195. The zero-order valence-corrected chi connectivity index (χ0v) is 5.62. The van der Waals surface area contributed by atoms with Crippen LogP contribution in [0.1, 0.15) is 5.69 Å². The molecule has 1 rings (SSSR count). The molecule has 0 aliphatic heterocycles. The largest absolute Gasteiger partial charge is 0.506 e. The number of hydrogen-bond donors (Lipinski definition) is 2. The molecule has 1 aromatic rings. The van der Waals surface area contributed by atoms with E-state index in [-0.39, 0.29) is 5.75 Å². The molecule has 0 aliphatic rings. The highest BCUT2D eigenvalue weighted by molar-refractivity contribution is 5.17. The molecule has 0 saturated heterocycles. The molecule has 0 radical (unpaired) electrons. The van der Waals surface area contributed by atoms with Gasteiger partial charge in [-0.05, 0) is 18.7 Å². The molecule has 3 nitrogen and oxygen atoms in total. The van der Waals surface area contributed by atoms with Gasteiger partial charge < -0.3 is 10.8 Å². The van der Waals surface area contributed by atoms with Gasteiger partial charge in [0.2, 0.25) is 0 Å². The number of hydrogen-bond acceptors (Lipinski definition) is 3. The summed E-state index contributed by atoms with van der Waals surface area (Å²) in [6, 6.07) is 3.38. The van der Waals surface area contributed by atoms with Gasteiger partial charge in [0.1, 0.15) is 5.75 Å². The van der Waals surface area contributed by atoms with Crippen LogP contribution in [-0.2, 0) is 6.42 Å². The zero-order valence-electron chi connectivity index (χ0n) is 5.62. The van der Waals surface area contributed by atoms with Crippen molar-refractivity contribution in [2.75, 3.05) is 6.54 Å². The van der Waals surface area contributed by atoms with Crippen LogP contribution in [0, 0.1) is 0 Å². The summed E-state index contributed by atoms with van der Waals surface area (Å²) in [6.45, 7) is 0.595. The zero-order chi connectivity index (χ0) is 7.40. The van der Waals surface area contributed by atoms with Crippen molar-refractivity contribution in [3.63, 3.8) is 0 Å². The van der Waals surface area contributed by atoms with Crippen LogP contribution in [0.4, 0.5) is 0 Å². The van der Waals surface area contributed by atoms with E-state index in [9.17, 15) is 0 Å². The van der Waals surface area contributed by atoms with Crippen molar-refractivity contribution in [3.8, 4) is 5.75 Å². The summed E-state index contributed by atoms with van der Waals surface area (Å²) in [5, 5.41) is 8.83. The third-order valence-corrected chi connectivity index (χ3v) is 1.21. The second-order valence-corrected chi connectivity index (χ2v) is 2.05. The van der Waals surface area contributed by atoms with Gasteiger partial charge in [0.05, 0.1) is 6.20 Å². The van der Waals surface area contributed by atoms with Gasteiger partial charge in [-0.2, -0.15) is 0 Å². The van der Waals surface area contributed by atoms with E-state index in [1.807, 2.05) is 0 Å². The minimum Gasteiger partial charge on any atom is -0.506 e. The number of nitrogens with zero attached hydrogens (tertiary/aromatic N) is 1. The Hall–Kier alpha value is -1.09.